The lowest BCUT2D eigenvalue weighted by molar-refractivity contribution is -0.0504. The maximum Gasteiger partial charge on any atom is 0.387 e. The largest absolute Gasteiger partial charge is 0.434 e. The topological polar surface area (TPSA) is 120 Å². The van der Waals surface area contributed by atoms with Crippen molar-refractivity contribution < 1.29 is 13.5 Å². The fourth-order valence-electron chi connectivity index (χ4n) is 4.02. The van der Waals surface area contributed by atoms with Gasteiger partial charge in [-0.1, -0.05) is 31.0 Å². The number of alkyl halides is 2. The van der Waals surface area contributed by atoms with E-state index in [2.05, 4.69) is 20.0 Å². The van der Waals surface area contributed by atoms with Crippen molar-refractivity contribution in [2.75, 3.05) is 5.32 Å². The number of para-hydroxylation sites is 1. The Morgan fingerprint density at radius 3 is 2.77 bits per heavy atom. The Morgan fingerprint density at radius 2 is 2.03 bits per heavy atom. The second kappa shape index (κ2) is 8.50. The van der Waals surface area contributed by atoms with Crippen molar-refractivity contribution in [2.45, 2.75) is 50.9 Å². The van der Waals surface area contributed by atoms with Crippen molar-refractivity contribution >= 4 is 17.1 Å². The molecule has 11 heteroatoms. The van der Waals surface area contributed by atoms with Gasteiger partial charge in [0.2, 0.25) is 5.95 Å². The Balaban J connectivity index is 1.84. The number of aryl methyl sites for hydroxylation is 1. The third-order valence-electron chi connectivity index (χ3n) is 5.66. The van der Waals surface area contributed by atoms with Crippen LogP contribution >= 0.6 is 0 Å². The molecular formula is C20H24F2N6O3. The van der Waals surface area contributed by atoms with Crippen molar-refractivity contribution in [3.8, 4) is 5.75 Å². The molecule has 0 aliphatic heterocycles. The first-order valence-corrected chi connectivity index (χ1v) is 10.1. The zero-order chi connectivity index (χ0) is 22.1. The highest BCUT2D eigenvalue weighted by Crippen LogP contribution is 2.27. The number of ether oxygens (including phenoxy) is 1. The molecule has 166 valence electrons. The summed E-state index contributed by atoms with van der Waals surface area (Å²) in [7, 11) is 1.50. The molecule has 0 bridgehead atoms. The number of anilines is 1. The maximum atomic E-state index is 12.9. The van der Waals surface area contributed by atoms with Gasteiger partial charge in [0.05, 0.1) is 6.54 Å². The van der Waals surface area contributed by atoms with Crippen LogP contribution in [0.4, 0.5) is 14.7 Å². The summed E-state index contributed by atoms with van der Waals surface area (Å²) in [4.78, 5) is 31.5. The summed E-state index contributed by atoms with van der Waals surface area (Å²) in [6, 6.07) is 6.20. The van der Waals surface area contributed by atoms with E-state index in [1.807, 2.05) is 0 Å². The van der Waals surface area contributed by atoms with Crippen LogP contribution < -0.4 is 27.0 Å². The summed E-state index contributed by atoms with van der Waals surface area (Å²) >= 11 is 0. The monoisotopic (exact) mass is 434 g/mol. The number of nitrogens with one attached hydrogen (secondary N) is 2. The highest BCUT2D eigenvalue weighted by atomic mass is 19.3. The van der Waals surface area contributed by atoms with Crippen LogP contribution in [0.3, 0.4) is 0 Å². The quantitative estimate of drug-likeness (QED) is 0.544. The van der Waals surface area contributed by atoms with Crippen molar-refractivity contribution in [3.63, 3.8) is 0 Å². The number of halogens is 2. The second-order valence-corrected chi connectivity index (χ2v) is 7.70. The molecule has 31 heavy (non-hydrogen) atoms. The molecule has 1 saturated carbocycles. The van der Waals surface area contributed by atoms with E-state index in [-0.39, 0.29) is 35.5 Å². The van der Waals surface area contributed by atoms with Gasteiger partial charge in [0.1, 0.15) is 5.75 Å². The number of aromatic nitrogens is 4. The Bertz CT molecular complexity index is 1200. The molecule has 2 aromatic heterocycles. The predicted molar refractivity (Wildman–Crippen MR) is 112 cm³/mol. The van der Waals surface area contributed by atoms with Crippen LogP contribution in [-0.4, -0.2) is 37.8 Å². The molecule has 2 unspecified atom stereocenters. The Labute approximate surface area is 175 Å². The summed E-state index contributed by atoms with van der Waals surface area (Å²) in [6.45, 7) is -2.95. The number of fused-ring (bicyclic) bond motifs is 1. The standard InChI is InChI=1S/C20H24F2N6O3/c1-27-16-15(17(29)26-20(27)30)28(10-11-6-2-5-9-14(11)31-18(21)22)19(25-16)24-13-8-4-3-7-12(13)23/h2,5-6,9,12-13,18H,3-4,7-8,10,23H2,1H3,(H,24,25)(H,26,29,30). The lowest BCUT2D eigenvalue weighted by Gasteiger charge is -2.29. The van der Waals surface area contributed by atoms with Gasteiger partial charge >= 0.3 is 12.3 Å². The molecule has 0 radical (unpaired) electrons. The molecule has 2 atom stereocenters. The number of imidazole rings is 1. The zero-order valence-corrected chi connectivity index (χ0v) is 17.0. The summed E-state index contributed by atoms with van der Waals surface area (Å²) in [5.41, 5.74) is 5.83. The summed E-state index contributed by atoms with van der Waals surface area (Å²) in [6.07, 6.45) is 3.75. The van der Waals surface area contributed by atoms with Crippen molar-refractivity contribution in [1.82, 2.24) is 19.1 Å². The third kappa shape index (κ3) is 4.18. The van der Waals surface area contributed by atoms with Gasteiger partial charge in [-0.25, -0.2) is 4.79 Å². The van der Waals surface area contributed by atoms with Crippen LogP contribution in [-0.2, 0) is 13.6 Å². The first-order valence-electron chi connectivity index (χ1n) is 10.1. The molecule has 4 N–H and O–H groups in total. The van der Waals surface area contributed by atoms with E-state index >= 15 is 0 Å². The second-order valence-electron chi connectivity index (χ2n) is 7.70. The number of benzene rings is 1. The van der Waals surface area contributed by atoms with Crippen LogP contribution in [0.15, 0.2) is 33.9 Å². The summed E-state index contributed by atoms with van der Waals surface area (Å²) in [5, 5.41) is 3.31. The summed E-state index contributed by atoms with van der Waals surface area (Å²) < 4.78 is 33.2. The molecule has 3 aromatic rings. The number of hydrogen-bond acceptors (Lipinski definition) is 6. The zero-order valence-electron chi connectivity index (χ0n) is 17.0. The molecular weight excluding hydrogens is 410 g/mol. The number of aromatic amines is 1. The van der Waals surface area contributed by atoms with Gasteiger partial charge in [-0.2, -0.15) is 13.8 Å². The fourth-order valence-corrected chi connectivity index (χ4v) is 4.02. The smallest absolute Gasteiger partial charge is 0.387 e. The SMILES string of the molecule is Cn1c(=O)[nH]c(=O)c2c1nc(NC1CCCCC1N)n2Cc1ccccc1OC(F)F. The minimum absolute atomic E-state index is 0.000848. The molecule has 0 amide bonds. The van der Waals surface area contributed by atoms with Crippen LogP contribution in [0, 0.1) is 0 Å². The van der Waals surface area contributed by atoms with E-state index in [0.717, 1.165) is 25.7 Å². The highest BCUT2D eigenvalue weighted by molar-refractivity contribution is 5.74. The van der Waals surface area contributed by atoms with E-state index in [1.165, 1.54) is 17.7 Å². The molecule has 0 spiro atoms. The number of H-pyrrole nitrogens is 1. The molecule has 9 nitrogen and oxygen atoms in total. The summed E-state index contributed by atoms with van der Waals surface area (Å²) in [5.74, 6) is 0.344. The van der Waals surface area contributed by atoms with Gasteiger partial charge in [-0.3, -0.25) is 18.9 Å². The molecule has 1 aliphatic rings. The normalized spacial score (nSPS) is 19.1. The van der Waals surface area contributed by atoms with Crippen molar-refractivity contribution in [3.05, 3.63) is 50.7 Å². The van der Waals surface area contributed by atoms with Gasteiger partial charge in [0, 0.05) is 24.7 Å². The average Bonchev–Trinajstić information content (AvgIpc) is 3.08. The van der Waals surface area contributed by atoms with Gasteiger partial charge < -0.3 is 15.8 Å². The number of hydrogen-bond donors (Lipinski definition) is 3. The molecule has 4 rings (SSSR count). The average molecular weight is 434 g/mol. The van der Waals surface area contributed by atoms with Crippen LogP contribution in [0.2, 0.25) is 0 Å². The highest BCUT2D eigenvalue weighted by Gasteiger charge is 2.25. The number of nitrogens with zero attached hydrogens (tertiary/aromatic N) is 3. The number of nitrogens with two attached hydrogens (primary N) is 1. The third-order valence-corrected chi connectivity index (χ3v) is 5.66. The van der Waals surface area contributed by atoms with Crippen LogP contribution in [0.1, 0.15) is 31.2 Å². The van der Waals surface area contributed by atoms with Gasteiger partial charge in [-0.05, 0) is 18.9 Å². The Hall–Kier alpha value is -3.21. The molecule has 1 aromatic carbocycles. The first kappa shape index (κ1) is 21.0. The van der Waals surface area contributed by atoms with Crippen molar-refractivity contribution in [1.29, 1.82) is 0 Å². The van der Waals surface area contributed by atoms with E-state index in [1.54, 1.807) is 22.8 Å². The lowest BCUT2D eigenvalue weighted by Crippen LogP contribution is -2.43. The first-order chi connectivity index (χ1) is 14.8. The molecule has 1 aliphatic carbocycles. The molecule has 2 heterocycles. The Morgan fingerprint density at radius 1 is 1.29 bits per heavy atom. The van der Waals surface area contributed by atoms with Gasteiger partial charge in [0.15, 0.2) is 11.2 Å². The van der Waals surface area contributed by atoms with E-state index in [9.17, 15) is 18.4 Å². The molecule has 1 fully saturated rings. The van der Waals surface area contributed by atoms with E-state index < -0.39 is 17.9 Å². The molecule has 0 saturated heterocycles. The minimum Gasteiger partial charge on any atom is -0.434 e. The lowest BCUT2D eigenvalue weighted by atomic mass is 9.91. The van der Waals surface area contributed by atoms with Crippen LogP contribution in [0.25, 0.3) is 11.2 Å². The maximum absolute atomic E-state index is 12.9. The van der Waals surface area contributed by atoms with Gasteiger partial charge in [-0.15, -0.1) is 0 Å². The Kier molecular flexibility index (Phi) is 5.77. The predicted octanol–water partition coefficient (Wildman–Crippen LogP) is 1.75. The van der Waals surface area contributed by atoms with Crippen LogP contribution in [0.5, 0.6) is 5.75 Å². The number of rotatable bonds is 6. The van der Waals surface area contributed by atoms with E-state index in [0.29, 0.717) is 11.5 Å². The van der Waals surface area contributed by atoms with Crippen molar-refractivity contribution in [2.24, 2.45) is 12.8 Å². The minimum atomic E-state index is -2.98. The van der Waals surface area contributed by atoms with Gasteiger partial charge in [0.25, 0.3) is 5.56 Å². The van der Waals surface area contributed by atoms with E-state index in [4.69, 9.17) is 5.73 Å². The fraction of sp³-hybridized carbons (Fsp3) is 0.450.